The SMILES string of the molecule is Cc1c(Cl)cc(CCN)c2[nH]ccc12. The van der Waals surface area contributed by atoms with Crippen molar-refractivity contribution in [3.63, 3.8) is 0 Å². The van der Waals surface area contributed by atoms with Gasteiger partial charge in [0, 0.05) is 22.1 Å². The molecule has 14 heavy (non-hydrogen) atoms. The summed E-state index contributed by atoms with van der Waals surface area (Å²) >= 11 is 6.13. The molecule has 0 spiro atoms. The summed E-state index contributed by atoms with van der Waals surface area (Å²) in [7, 11) is 0. The number of rotatable bonds is 2. The van der Waals surface area contributed by atoms with E-state index in [0.29, 0.717) is 6.54 Å². The average Bonchev–Trinajstić information content (AvgIpc) is 2.63. The zero-order chi connectivity index (χ0) is 10.1. The second-order valence-corrected chi connectivity index (χ2v) is 3.85. The van der Waals surface area contributed by atoms with Crippen molar-refractivity contribution in [2.75, 3.05) is 6.54 Å². The van der Waals surface area contributed by atoms with E-state index in [-0.39, 0.29) is 0 Å². The van der Waals surface area contributed by atoms with Gasteiger partial charge in [0.15, 0.2) is 0 Å². The van der Waals surface area contributed by atoms with Crippen molar-refractivity contribution < 1.29 is 0 Å². The lowest BCUT2D eigenvalue weighted by atomic mass is 10.0. The standard InChI is InChI=1S/C11H13ClN2/c1-7-9-3-5-14-11(9)8(2-4-13)6-10(7)12/h3,5-6,14H,2,4,13H2,1H3. The highest BCUT2D eigenvalue weighted by Crippen LogP contribution is 2.28. The third-order valence-corrected chi connectivity index (χ3v) is 2.94. The molecule has 0 aliphatic heterocycles. The minimum Gasteiger partial charge on any atom is -0.361 e. The predicted octanol–water partition coefficient (Wildman–Crippen LogP) is 2.63. The Kier molecular flexibility index (Phi) is 2.48. The second-order valence-electron chi connectivity index (χ2n) is 3.45. The molecule has 0 aliphatic carbocycles. The van der Waals surface area contributed by atoms with E-state index in [1.807, 2.05) is 19.2 Å². The molecule has 3 heteroatoms. The highest BCUT2D eigenvalue weighted by Gasteiger charge is 2.07. The first-order valence-corrected chi connectivity index (χ1v) is 5.07. The first-order valence-electron chi connectivity index (χ1n) is 4.69. The van der Waals surface area contributed by atoms with Crippen LogP contribution in [0.25, 0.3) is 10.9 Å². The van der Waals surface area contributed by atoms with Crippen LogP contribution in [0.2, 0.25) is 5.02 Å². The molecule has 74 valence electrons. The summed E-state index contributed by atoms with van der Waals surface area (Å²) in [6.07, 6.45) is 2.80. The van der Waals surface area contributed by atoms with Gasteiger partial charge in [-0.2, -0.15) is 0 Å². The van der Waals surface area contributed by atoms with Crippen molar-refractivity contribution in [2.24, 2.45) is 5.73 Å². The van der Waals surface area contributed by atoms with Gasteiger partial charge in [-0.25, -0.2) is 0 Å². The van der Waals surface area contributed by atoms with Gasteiger partial charge >= 0.3 is 0 Å². The predicted molar refractivity (Wildman–Crippen MR) is 60.8 cm³/mol. The first kappa shape index (κ1) is 9.56. The van der Waals surface area contributed by atoms with Crippen LogP contribution >= 0.6 is 11.6 Å². The minimum atomic E-state index is 0.646. The van der Waals surface area contributed by atoms with Crippen molar-refractivity contribution in [1.29, 1.82) is 0 Å². The van der Waals surface area contributed by atoms with Gasteiger partial charge in [-0.15, -0.1) is 0 Å². The number of aromatic amines is 1. The summed E-state index contributed by atoms with van der Waals surface area (Å²) in [4.78, 5) is 3.23. The molecular formula is C11H13ClN2. The second kappa shape index (κ2) is 3.64. The van der Waals surface area contributed by atoms with Gasteiger partial charge in [0.1, 0.15) is 0 Å². The average molecular weight is 209 g/mol. The molecular weight excluding hydrogens is 196 g/mol. The third kappa shape index (κ3) is 1.41. The molecule has 2 rings (SSSR count). The summed E-state index contributed by atoms with van der Waals surface area (Å²) in [5.41, 5.74) is 9.04. The highest BCUT2D eigenvalue weighted by molar-refractivity contribution is 6.32. The van der Waals surface area contributed by atoms with Crippen LogP contribution in [0.3, 0.4) is 0 Å². The molecule has 2 nitrogen and oxygen atoms in total. The number of nitrogens with two attached hydrogens (primary N) is 1. The Balaban J connectivity index is 2.71. The molecule has 0 atom stereocenters. The van der Waals surface area contributed by atoms with Crippen molar-refractivity contribution in [3.8, 4) is 0 Å². The van der Waals surface area contributed by atoms with E-state index in [1.165, 1.54) is 10.9 Å². The largest absolute Gasteiger partial charge is 0.361 e. The summed E-state index contributed by atoms with van der Waals surface area (Å²) < 4.78 is 0. The molecule has 0 bridgehead atoms. The first-order chi connectivity index (χ1) is 6.74. The zero-order valence-corrected chi connectivity index (χ0v) is 8.86. The number of aryl methyl sites for hydroxylation is 1. The van der Waals surface area contributed by atoms with Crippen LogP contribution in [0.15, 0.2) is 18.3 Å². The van der Waals surface area contributed by atoms with Crippen molar-refractivity contribution in [2.45, 2.75) is 13.3 Å². The van der Waals surface area contributed by atoms with Crippen LogP contribution in [-0.4, -0.2) is 11.5 Å². The van der Waals surface area contributed by atoms with E-state index in [4.69, 9.17) is 17.3 Å². The molecule has 0 radical (unpaired) electrons. The van der Waals surface area contributed by atoms with Crippen molar-refractivity contribution in [1.82, 2.24) is 4.98 Å². The molecule has 0 saturated carbocycles. The van der Waals surface area contributed by atoms with E-state index in [9.17, 15) is 0 Å². The lowest BCUT2D eigenvalue weighted by Gasteiger charge is -2.06. The molecule has 0 amide bonds. The fraction of sp³-hybridized carbons (Fsp3) is 0.273. The Labute approximate surface area is 88.1 Å². The van der Waals surface area contributed by atoms with Crippen LogP contribution < -0.4 is 5.73 Å². The summed E-state index contributed by atoms with van der Waals surface area (Å²) in [5, 5.41) is 2.02. The number of H-pyrrole nitrogens is 1. The fourth-order valence-electron chi connectivity index (χ4n) is 1.76. The van der Waals surface area contributed by atoms with Crippen LogP contribution in [0, 0.1) is 6.92 Å². The maximum atomic E-state index is 6.13. The van der Waals surface area contributed by atoms with E-state index >= 15 is 0 Å². The van der Waals surface area contributed by atoms with Crippen molar-refractivity contribution in [3.05, 3.63) is 34.5 Å². The van der Waals surface area contributed by atoms with Gasteiger partial charge in [-0.3, -0.25) is 0 Å². The summed E-state index contributed by atoms with van der Waals surface area (Å²) in [5.74, 6) is 0. The number of halogens is 1. The van der Waals surface area contributed by atoms with Gasteiger partial charge in [-0.05, 0) is 43.1 Å². The number of nitrogens with one attached hydrogen (secondary N) is 1. The maximum Gasteiger partial charge on any atom is 0.0490 e. The van der Waals surface area contributed by atoms with Gasteiger partial charge in [0.2, 0.25) is 0 Å². The Morgan fingerprint density at radius 2 is 2.29 bits per heavy atom. The van der Waals surface area contributed by atoms with Crippen molar-refractivity contribution >= 4 is 22.5 Å². The highest BCUT2D eigenvalue weighted by atomic mass is 35.5. The van der Waals surface area contributed by atoms with E-state index in [1.54, 1.807) is 0 Å². The third-order valence-electron chi connectivity index (χ3n) is 2.55. The molecule has 1 heterocycles. The van der Waals surface area contributed by atoms with Gasteiger partial charge in [-0.1, -0.05) is 11.6 Å². The quantitative estimate of drug-likeness (QED) is 0.783. The zero-order valence-electron chi connectivity index (χ0n) is 8.10. The molecule has 1 aromatic carbocycles. The molecule has 2 aromatic rings. The summed E-state index contributed by atoms with van der Waals surface area (Å²) in [6, 6.07) is 4.05. The molecule has 1 aromatic heterocycles. The number of aromatic nitrogens is 1. The molecule has 0 unspecified atom stereocenters. The van der Waals surface area contributed by atoms with E-state index in [2.05, 4.69) is 11.1 Å². The topological polar surface area (TPSA) is 41.8 Å². The van der Waals surface area contributed by atoms with Crippen LogP contribution in [0.5, 0.6) is 0 Å². The number of hydrogen-bond acceptors (Lipinski definition) is 1. The number of hydrogen-bond donors (Lipinski definition) is 2. The summed E-state index contributed by atoms with van der Waals surface area (Å²) in [6.45, 7) is 2.68. The lowest BCUT2D eigenvalue weighted by molar-refractivity contribution is 0.974. The fourth-order valence-corrected chi connectivity index (χ4v) is 2.00. The smallest absolute Gasteiger partial charge is 0.0490 e. The van der Waals surface area contributed by atoms with E-state index < -0.39 is 0 Å². The number of fused-ring (bicyclic) bond motifs is 1. The normalized spacial score (nSPS) is 11.1. The molecule has 0 saturated heterocycles. The van der Waals surface area contributed by atoms with Gasteiger partial charge in [0.25, 0.3) is 0 Å². The minimum absolute atomic E-state index is 0.646. The lowest BCUT2D eigenvalue weighted by Crippen LogP contribution is -2.03. The molecule has 0 fully saturated rings. The van der Waals surface area contributed by atoms with Gasteiger partial charge < -0.3 is 10.7 Å². The van der Waals surface area contributed by atoms with E-state index in [0.717, 1.165) is 22.5 Å². The van der Waals surface area contributed by atoms with Crippen LogP contribution in [0.4, 0.5) is 0 Å². The Hall–Kier alpha value is -0.990. The Morgan fingerprint density at radius 3 is 3.00 bits per heavy atom. The Morgan fingerprint density at radius 1 is 1.50 bits per heavy atom. The maximum absolute atomic E-state index is 6.13. The van der Waals surface area contributed by atoms with Crippen LogP contribution in [-0.2, 0) is 6.42 Å². The monoisotopic (exact) mass is 208 g/mol. The number of benzene rings is 1. The Bertz CT molecular complexity index is 460. The van der Waals surface area contributed by atoms with Gasteiger partial charge in [0.05, 0.1) is 0 Å². The molecule has 3 N–H and O–H groups in total. The molecule has 0 aliphatic rings. The van der Waals surface area contributed by atoms with Crippen LogP contribution in [0.1, 0.15) is 11.1 Å².